The minimum Gasteiger partial charge on any atom is -0.491 e. The zero-order valence-corrected chi connectivity index (χ0v) is 20.5. The van der Waals surface area contributed by atoms with Crippen LogP contribution in [-0.2, 0) is 6.61 Å². The zero-order valence-electron chi connectivity index (χ0n) is 20.5. The molecule has 0 bridgehead atoms. The Balaban J connectivity index is 1.39. The van der Waals surface area contributed by atoms with Crippen LogP contribution in [0.3, 0.4) is 0 Å². The summed E-state index contributed by atoms with van der Waals surface area (Å²) in [4.78, 5) is 0. The first-order valence-corrected chi connectivity index (χ1v) is 12.6. The largest absolute Gasteiger partial charge is 0.491 e. The molecule has 5 heteroatoms. The van der Waals surface area contributed by atoms with Crippen molar-refractivity contribution in [3.8, 4) is 22.6 Å². The summed E-state index contributed by atoms with van der Waals surface area (Å²) in [7, 11) is 0. The van der Waals surface area contributed by atoms with E-state index >= 15 is 0 Å². The van der Waals surface area contributed by atoms with Gasteiger partial charge in [-0.25, -0.2) is 13.2 Å². The Morgan fingerprint density at radius 3 is 2.26 bits per heavy atom. The summed E-state index contributed by atoms with van der Waals surface area (Å²) in [6.07, 6.45) is 5.78. The molecule has 3 aromatic rings. The highest BCUT2D eigenvalue weighted by Gasteiger charge is 2.25. The van der Waals surface area contributed by atoms with Crippen LogP contribution in [0.25, 0.3) is 11.1 Å². The number of hydrogen-bond donors (Lipinski definition) is 0. The van der Waals surface area contributed by atoms with Crippen LogP contribution >= 0.6 is 0 Å². The summed E-state index contributed by atoms with van der Waals surface area (Å²) in [5.41, 5.74) is 1.99. The van der Waals surface area contributed by atoms with Crippen molar-refractivity contribution in [1.29, 1.82) is 0 Å². The van der Waals surface area contributed by atoms with Gasteiger partial charge in [-0.2, -0.15) is 0 Å². The van der Waals surface area contributed by atoms with E-state index in [1.165, 1.54) is 6.07 Å². The number of benzene rings is 3. The van der Waals surface area contributed by atoms with Crippen molar-refractivity contribution in [1.82, 2.24) is 0 Å². The molecule has 0 aliphatic heterocycles. The highest BCUT2D eigenvalue weighted by Crippen LogP contribution is 2.38. The predicted octanol–water partition coefficient (Wildman–Crippen LogP) is 8.82. The Morgan fingerprint density at radius 2 is 1.57 bits per heavy atom. The normalized spacial score (nSPS) is 17.9. The Hall–Kier alpha value is -2.95. The lowest BCUT2D eigenvalue weighted by Gasteiger charge is -2.27. The average Bonchev–Trinajstić information content (AvgIpc) is 2.87. The molecule has 0 aromatic heterocycles. The molecule has 0 heterocycles. The van der Waals surface area contributed by atoms with E-state index in [2.05, 4.69) is 13.8 Å². The summed E-state index contributed by atoms with van der Waals surface area (Å²) in [5.74, 6) is -0.398. The molecule has 1 aliphatic rings. The van der Waals surface area contributed by atoms with Gasteiger partial charge in [0.2, 0.25) is 0 Å². The van der Waals surface area contributed by atoms with Gasteiger partial charge >= 0.3 is 0 Å². The van der Waals surface area contributed by atoms with Gasteiger partial charge in [-0.1, -0.05) is 63.4 Å². The first-order chi connectivity index (χ1) is 17.0. The monoisotopic (exact) mass is 482 g/mol. The van der Waals surface area contributed by atoms with Crippen LogP contribution in [0.4, 0.5) is 13.2 Å². The van der Waals surface area contributed by atoms with Crippen LogP contribution in [0, 0.1) is 23.4 Å². The fraction of sp³-hybridized carbons (Fsp3) is 0.400. The lowest BCUT2D eigenvalue weighted by Crippen LogP contribution is -2.13. The van der Waals surface area contributed by atoms with Crippen LogP contribution < -0.4 is 9.47 Å². The molecular formula is C30H33F3O2. The first-order valence-electron chi connectivity index (χ1n) is 12.6. The van der Waals surface area contributed by atoms with Crippen molar-refractivity contribution in [3.05, 3.63) is 83.2 Å². The first kappa shape index (κ1) is 25.2. The smallest absolute Gasteiger partial charge is 0.166 e. The molecule has 0 unspecified atom stereocenters. The van der Waals surface area contributed by atoms with E-state index in [1.807, 2.05) is 0 Å². The molecule has 1 aliphatic carbocycles. The van der Waals surface area contributed by atoms with Gasteiger partial charge in [0.15, 0.2) is 23.2 Å². The quantitative estimate of drug-likeness (QED) is 0.284. The fourth-order valence-electron chi connectivity index (χ4n) is 4.65. The number of hydrogen-bond acceptors (Lipinski definition) is 2. The fourth-order valence-corrected chi connectivity index (χ4v) is 4.65. The van der Waals surface area contributed by atoms with E-state index in [0.717, 1.165) is 38.5 Å². The van der Waals surface area contributed by atoms with Crippen molar-refractivity contribution in [2.45, 2.75) is 64.9 Å². The average molecular weight is 483 g/mol. The van der Waals surface area contributed by atoms with Crippen molar-refractivity contribution in [2.24, 2.45) is 5.92 Å². The molecule has 4 rings (SSSR count). The minimum atomic E-state index is -0.800. The van der Waals surface area contributed by atoms with Crippen molar-refractivity contribution in [3.63, 3.8) is 0 Å². The summed E-state index contributed by atoms with van der Waals surface area (Å²) < 4.78 is 55.3. The second-order valence-electron chi connectivity index (χ2n) is 9.57. The van der Waals surface area contributed by atoms with Crippen molar-refractivity contribution >= 4 is 0 Å². The standard InChI is InChI=1S/C30H33F3O2/c1-3-4-17-34-28-16-7-21(18-27(28)31)19-35-24-12-10-23(11-13-24)26-15-14-25(29(32)30(26)33)22-8-5-20(2)6-9-22/h7,10-16,18,20,22H,3-6,8-9,17,19H2,1-2H3. The van der Waals surface area contributed by atoms with Gasteiger partial charge < -0.3 is 9.47 Å². The summed E-state index contributed by atoms with van der Waals surface area (Å²) in [6, 6.07) is 15.0. The van der Waals surface area contributed by atoms with Crippen molar-refractivity contribution in [2.75, 3.05) is 6.61 Å². The number of ether oxygens (including phenoxy) is 2. The minimum absolute atomic E-state index is 0.0901. The maximum atomic E-state index is 15.0. The third-order valence-corrected chi connectivity index (χ3v) is 6.89. The molecule has 3 aromatic carbocycles. The maximum Gasteiger partial charge on any atom is 0.166 e. The number of halogens is 3. The Bertz CT molecular complexity index is 1120. The molecule has 0 N–H and O–H groups in total. The van der Waals surface area contributed by atoms with E-state index in [-0.39, 0.29) is 23.8 Å². The summed E-state index contributed by atoms with van der Waals surface area (Å²) in [5, 5.41) is 0. The van der Waals surface area contributed by atoms with E-state index < -0.39 is 17.5 Å². The van der Waals surface area contributed by atoms with Gasteiger partial charge in [-0.05, 0) is 72.1 Å². The Morgan fingerprint density at radius 1 is 0.829 bits per heavy atom. The molecule has 186 valence electrons. The van der Waals surface area contributed by atoms with Gasteiger partial charge in [-0.15, -0.1) is 0 Å². The second kappa shape index (κ2) is 11.7. The molecule has 0 atom stereocenters. The van der Waals surface area contributed by atoms with E-state index in [1.54, 1.807) is 48.5 Å². The Kier molecular flexibility index (Phi) is 8.37. The zero-order chi connectivity index (χ0) is 24.8. The molecule has 0 spiro atoms. The van der Waals surface area contributed by atoms with Gasteiger partial charge in [-0.3, -0.25) is 0 Å². The van der Waals surface area contributed by atoms with E-state index in [0.29, 0.717) is 35.0 Å². The summed E-state index contributed by atoms with van der Waals surface area (Å²) >= 11 is 0. The molecule has 1 saturated carbocycles. The number of rotatable bonds is 9. The van der Waals surface area contributed by atoms with Gasteiger partial charge in [0.25, 0.3) is 0 Å². The van der Waals surface area contributed by atoms with Crippen molar-refractivity contribution < 1.29 is 22.6 Å². The molecular weight excluding hydrogens is 449 g/mol. The molecule has 0 amide bonds. The van der Waals surface area contributed by atoms with E-state index in [4.69, 9.17) is 9.47 Å². The van der Waals surface area contributed by atoms with Crippen LogP contribution in [0.2, 0.25) is 0 Å². The van der Waals surface area contributed by atoms with Crippen LogP contribution in [0.5, 0.6) is 11.5 Å². The highest BCUT2D eigenvalue weighted by atomic mass is 19.2. The van der Waals surface area contributed by atoms with Crippen LogP contribution in [-0.4, -0.2) is 6.61 Å². The second-order valence-corrected chi connectivity index (χ2v) is 9.57. The molecule has 35 heavy (non-hydrogen) atoms. The lowest BCUT2D eigenvalue weighted by atomic mass is 9.79. The van der Waals surface area contributed by atoms with Gasteiger partial charge in [0, 0.05) is 5.56 Å². The lowest BCUT2D eigenvalue weighted by molar-refractivity contribution is 0.290. The van der Waals surface area contributed by atoms with E-state index in [9.17, 15) is 13.2 Å². The Labute approximate surface area is 206 Å². The predicted molar refractivity (Wildman–Crippen MR) is 133 cm³/mol. The van der Waals surface area contributed by atoms with Crippen LogP contribution in [0.1, 0.15) is 69.4 Å². The van der Waals surface area contributed by atoms with Crippen LogP contribution in [0.15, 0.2) is 54.6 Å². The van der Waals surface area contributed by atoms with Gasteiger partial charge in [0.05, 0.1) is 6.61 Å². The van der Waals surface area contributed by atoms with Gasteiger partial charge in [0.1, 0.15) is 12.4 Å². The molecule has 1 fully saturated rings. The highest BCUT2D eigenvalue weighted by molar-refractivity contribution is 5.65. The molecule has 0 radical (unpaired) electrons. The third kappa shape index (κ3) is 6.19. The topological polar surface area (TPSA) is 18.5 Å². The third-order valence-electron chi connectivity index (χ3n) is 6.89. The maximum absolute atomic E-state index is 15.0. The number of unbranched alkanes of at least 4 members (excludes halogenated alkanes) is 1. The SMILES string of the molecule is CCCCOc1ccc(COc2ccc(-c3ccc(C4CCC(C)CC4)c(F)c3F)cc2)cc1F. The molecule has 2 nitrogen and oxygen atoms in total. The summed E-state index contributed by atoms with van der Waals surface area (Å²) in [6.45, 7) is 4.93. The molecule has 0 saturated heterocycles.